The molecule has 18 heavy (non-hydrogen) atoms. The first-order valence-corrected chi connectivity index (χ1v) is 6.07. The lowest BCUT2D eigenvalue weighted by Crippen LogP contribution is -2.55. The molecule has 1 saturated heterocycles. The molecule has 3 rings (SSSR count). The summed E-state index contributed by atoms with van der Waals surface area (Å²) in [6.45, 7) is 2.68. The normalized spacial score (nSPS) is 22.3. The summed E-state index contributed by atoms with van der Waals surface area (Å²) in [6.07, 6.45) is 0. The maximum atomic E-state index is 12.1. The smallest absolute Gasteiger partial charge is 0.175 e. The predicted molar refractivity (Wildman–Crippen MR) is 68.7 cm³/mol. The van der Waals surface area contributed by atoms with Crippen LogP contribution >= 0.6 is 0 Å². The van der Waals surface area contributed by atoms with E-state index in [0.29, 0.717) is 18.7 Å². The molecule has 92 valence electrons. The van der Waals surface area contributed by atoms with Crippen LogP contribution in [-0.2, 0) is 4.79 Å². The molecule has 0 radical (unpaired) electrons. The summed E-state index contributed by atoms with van der Waals surface area (Å²) in [4.78, 5) is 14.2. The average molecular weight is 242 g/mol. The molecule has 2 N–H and O–H groups in total. The SMILES string of the molecule is N#Cc1ccc2c(c1)N1CCNCC1C(=O)CN2. The molecule has 0 aliphatic carbocycles. The highest BCUT2D eigenvalue weighted by atomic mass is 16.1. The number of carbonyl (C=O) groups excluding carboxylic acids is 1. The number of rotatable bonds is 0. The zero-order valence-electron chi connectivity index (χ0n) is 9.94. The summed E-state index contributed by atoms with van der Waals surface area (Å²) in [7, 11) is 0. The number of piperazine rings is 1. The van der Waals surface area contributed by atoms with Crippen LogP contribution in [0, 0.1) is 11.3 Å². The fourth-order valence-corrected chi connectivity index (χ4v) is 2.57. The minimum absolute atomic E-state index is 0.124. The molecular weight excluding hydrogens is 228 g/mol. The van der Waals surface area contributed by atoms with Crippen molar-refractivity contribution in [2.75, 3.05) is 36.4 Å². The topological polar surface area (TPSA) is 68.2 Å². The summed E-state index contributed by atoms with van der Waals surface area (Å²) >= 11 is 0. The van der Waals surface area contributed by atoms with Crippen LogP contribution in [0.25, 0.3) is 0 Å². The van der Waals surface area contributed by atoms with Gasteiger partial charge in [-0.05, 0) is 18.2 Å². The van der Waals surface area contributed by atoms with Crippen molar-refractivity contribution in [3.05, 3.63) is 23.8 Å². The second kappa shape index (κ2) is 4.31. The minimum Gasteiger partial charge on any atom is -0.376 e. The van der Waals surface area contributed by atoms with Gasteiger partial charge in [0.1, 0.15) is 6.04 Å². The second-order valence-electron chi connectivity index (χ2n) is 4.58. The molecule has 5 nitrogen and oxygen atoms in total. The summed E-state index contributed by atoms with van der Waals surface area (Å²) in [5, 5.41) is 15.4. The zero-order valence-corrected chi connectivity index (χ0v) is 9.94. The van der Waals surface area contributed by atoms with Gasteiger partial charge in [-0.25, -0.2) is 0 Å². The fraction of sp³-hybridized carbons (Fsp3) is 0.385. The Kier molecular flexibility index (Phi) is 2.65. The number of nitrogens with one attached hydrogen (secondary N) is 2. The van der Waals surface area contributed by atoms with Crippen molar-refractivity contribution < 1.29 is 4.79 Å². The third-order valence-corrected chi connectivity index (χ3v) is 3.50. The van der Waals surface area contributed by atoms with Crippen LogP contribution in [0.1, 0.15) is 5.56 Å². The molecule has 0 saturated carbocycles. The molecule has 1 atom stereocenters. The third-order valence-electron chi connectivity index (χ3n) is 3.50. The molecule has 2 aliphatic heterocycles. The van der Waals surface area contributed by atoms with Crippen molar-refractivity contribution in [2.24, 2.45) is 0 Å². The Bertz CT molecular complexity index is 534. The van der Waals surface area contributed by atoms with E-state index < -0.39 is 0 Å². The number of Topliss-reactive ketones (excluding diaryl/α,β-unsaturated/α-hetero) is 1. The molecule has 2 heterocycles. The molecular formula is C13H14N4O. The van der Waals surface area contributed by atoms with E-state index in [-0.39, 0.29) is 11.8 Å². The lowest BCUT2D eigenvalue weighted by atomic mass is 10.1. The molecule has 1 fully saturated rings. The molecule has 1 aromatic carbocycles. The maximum Gasteiger partial charge on any atom is 0.175 e. The number of anilines is 2. The molecule has 1 aromatic rings. The van der Waals surface area contributed by atoms with Gasteiger partial charge in [0.2, 0.25) is 0 Å². The largest absolute Gasteiger partial charge is 0.376 e. The number of benzene rings is 1. The fourth-order valence-electron chi connectivity index (χ4n) is 2.57. The van der Waals surface area contributed by atoms with E-state index in [9.17, 15) is 4.79 Å². The van der Waals surface area contributed by atoms with Crippen LogP contribution in [0.15, 0.2) is 18.2 Å². The highest BCUT2D eigenvalue weighted by molar-refractivity contribution is 5.95. The van der Waals surface area contributed by atoms with E-state index in [2.05, 4.69) is 21.6 Å². The highest BCUT2D eigenvalue weighted by Gasteiger charge is 2.32. The molecule has 0 aromatic heterocycles. The summed E-state index contributed by atoms with van der Waals surface area (Å²) in [5.41, 5.74) is 2.53. The van der Waals surface area contributed by atoms with Crippen molar-refractivity contribution in [1.82, 2.24) is 5.32 Å². The average Bonchev–Trinajstić information content (AvgIpc) is 2.57. The number of hydrogen-bond donors (Lipinski definition) is 2. The number of hydrogen-bond acceptors (Lipinski definition) is 5. The van der Waals surface area contributed by atoms with Crippen molar-refractivity contribution in [3.63, 3.8) is 0 Å². The first-order valence-electron chi connectivity index (χ1n) is 6.07. The zero-order chi connectivity index (χ0) is 12.5. The van der Waals surface area contributed by atoms with E-state index in [1.807, 2.05) is 12.1 Å². The van der Waals surface area contributed by atoms with Crippen molar-refractivity contribution in [3.8, 4) is 6.07 Å². The van der Waals surface area contributed by atoms with E-state index in [0.717, 1.165) is 24.5 Å². The van der Waals surface area contributed by atoms with Gasteiger partial charge in [0, 0.05) is 19.6 Å². The number of nitrogens with zero attached hydrogens (tertiary/aromatic N) is 2. The van der Waals surface area contributed by atoms with Crippen LogP contribution in [-0.4, -0.2) is 38.0 Å². The molecule has 5 heteroatoms. The van der Waals surface area contributed by atoms with Gasteiger partial charge < -0.3 is 15.5 Å². The van der Waals surface area contributed by atoms with Gasteiger partial charge in [0.15, 0.2) is 5.78 Å². The lowest BCUT2D eigenvalue weighted by molar-refractivity contribution is -0.118. The summed E-state index contributed by atoms with van der Waals surface area (Å²) in [5.74, 6) is 0.192. The quantitative estimate of drug-likeness (QED) is 0.686. The molecule has 0 bridgehead atoms. The summed E-state index contributed by atoms with van der Waals surface area (Å²) < 4.78 is 0. The Morgan fingerprint density at radius 2 is 2.33 bits per heavy atom. The number of ketones is 1. The Labute approximate surface area is 105 Å². The number of fused-ring (bicyclic) bond motifs is 3. The highest BCUT2D eigenvalue weighted by Crippen LogP contribution is 2.31. The Hall–Kier alpha value is -2.06. The second-order valence-corrected chi connectivity index (χ2v) is 4.58. The predicted octanol–water partition coefficient (Wildman–Crippen LogP) is 0.331. The summed E-state index contributed by atoms with van der Waals surface area (Å²) in [6, 6.07) is 7.54. The molecule has 0 amide bonds. The standard InChI is InChI=1S/C13H14N4O/c14-6-9-1-2-10-11(5-9)17-4-3-15-7-12(17)13(18)8-16-10/h1-2,5,12,15-16H,3-4,7-8H2. The first-order chi connectivity index (χ1) is 8.79. The minimum atomic E-state index is -0.124. The van der Waals surface area contributed by atoms with Gasteiger partial charge in [-0.15, -0.1) is 0 Å². The van der Waals surface area contributed by atoms with Crippen LogP contribution in [0.4, 0.5) is 11.4 Å². The van der Waals surface area contributed by atoms with E-state index in [1.165, 1.54) is 0 Å². The molecule has 1 unspecified atom stereocenters. The first kappa shape index (κ1) is 11.1. The van der Waals surface area contributed by atoms with E-state index in [4.69, 9.17) is 5.26 Å². The van der Waals surface area contributed by atoms with Crippen molar-refractivity contribution in [2.45, 2.75) is 6.04 Å². The van der Waals surface area contributed by atoms with Crippen LogP contribution in [0.5, 0.6) is 0 Å². The Morgan fingerprint density at radius 1 is 1.44 bits per heavy atom. The van der Waals surface area contributed by atoms with Gasteiger partial charge >= 0.3 is 0 Å². The lowest BCUT2D eigenvalue weighted by Gasteiger charge is -2.36. The third kappa shape index (κ3) is 1.71. The Balaban J connectivity index is 2.08. The van der Waals surface area contributed by atoms with Crippen LogP contribution in [0.3, 0.4) is 0 Å². The van der Waals surface area contributed by atoms with Gasteiger partial charge in [0.25, 0.3) is 0 Å². The van der Waals surface area contributed by atoms with Gasteiger partial charge in [-0.2, -0.15) is 5.26 Å². The van der Waals surface area contributed by atoms with Crippen LogP contribution < -0.4 is 15.5 Å². The number of carbonyl (C=O) groups is 1. The van der Waals surface area contributed by atoms with Crippen molar-refractivity contribution >= 4 is 17.2 Å². The van der Waals surface area contributed by atoms with E-state index in [1.54, 1.807) is 6.07 Å². The number of nitriles is 1. The molecule has 0 spiro atoms. The Morgan fingerprint density at radius 3 is 3.17 bits per heavy atom. The van der Waals surface area contributed by atoms with Gasteiger partial charge in [0.05, 0.1) is 29.6 Å². The maximum absolute atomic E-state index is 12.1. The van der Waals surface area contributed by atoms with Gasteiger partial charge in [-0.3, -0.25) is 4.79 Å². The monoisotopic (exact) mass is 242 g/mol. The van der Waals surface area contributed by atoms with Gasteiger partial charge in [-0.1, -0.05) is 0 Å². The van der Waals surface area contributed by atoms with E-state index >= 15 is 0 Å². The van der Waals surface area contributed by atoms with Crippen molar-refractivity contribution in [1.29, 1.82) is 5.26 Å². The molecule has 2 aliphatic rings. The van der Waals surface area contributed by atoms with Crippen LogP contribution in [0.2, 0.25) is 0 Å².